The zero-order valence-electron chi connectivity index (χ0n) is 16.3. The molecule has 3 aromatic carbocycles. The third-order valence-corrected chi connectivity index (χ3v) is 4.66. The topological polar surface area (TPSA) is 65.4 Å². The molecule has 1 heterocycles. The molecule has 146 valence electrons. The van der Waals surface area contributed by atoms with Gasteiger partial charge in [-0.2, -0.15) is 0 Å². The molecule has 29 heavy (non-hydrogen) atoms. The third-order valence-electron chi connectivity index (χ3n) is 4.66. The smallest absolute Gasteiger partial charge is 0.244 e. The van der Waals surface area contributed by atoms with Crippen molar-refractivity contribution >= 4 is 22.6 Å². The second-order valence-corrected chi connectivity index (χ2v) is 6.49. The van der Waals surface area contributed by atoms with E-state index in [9.17, 15) is 4.79 Å². The van der Waals surface area contributed by atoms with Crippen LogP contribution in [0, 0.1) is 0 Å². The van der Waals surface area contributed by atoms with Gasteiger partial charge in [-0.3, -0.25) is 4.79 Å². The minimum atomic E-state index is -0.124. The highest BCUT2D eigenvalue weighted by molar-refractivity contribution is 5.92. The highest BCUT2D eigenvalue weighted by atomic mass is 16.5. The van der Waals surface area contributed by atoms with E-state index < -0.39 is 0 Å². The maximum Gasteiger partial charge on any atom is 0.244 e. The van der Waals surface area contributed by atoms with Crippen LogP contribution in [0.1, 0.15) is 0 Å². The summed E-state index contributed by atoms with van der Waals surface area (Å²) in [5.74, 6) is 1.81. The Kier molecular flexibility index (Phi) is 5.16. The number of aromatic nitrogens is 2. The molecule has 6 heteroatoms. The Morgan fingerprint density at radius 3 is 2.41 bits per heavy atom. The molecule has 4 aromatic rings. The summed E-state index contributed by atoms with van der Waals surface area (Å²) < 4.78 is 12.7. The number of para-hydroxylation sites is 3. The van der Waals surface area contributed by atoms with Gasteiger partial charge in [0.1, 0.15) is 12.4 Å². The van der Waals surface area contributed by atoms with Crippen LogP contribution in [0.15, 0.2) is 72.8 Å². The lowest BCUT2D eigenvalue weighted by atomic mass is 10.2. The van der Waals surface area contributed by atoms with Crippen molar-refractivity contribution in [1.82, 2.24) is 9.55 Å². The molecule has 0 unspecified atom stereocenters. The van der Waals surface area contributed by atoms with Gasteiger partial charge in [0.2, 0.25) is 5.91 Å². The Balaban J connectivity index is 1.74. The van der Waals surface area contributed by atoms with Crippen LogP contribution in [0.2, 0.25) is 0 Å². The van der Waals surface area contributed by atoms with E-state index in [0.717, 1.165) is 22.3 Å². The molecule has 0 atom stereocenters. The van der Waals surface area contributed by atoms with E-state index in [0.29, 0.717) is 17.3 Å². The minimum Gasteiger partial charge on any atom is -0.493 e. The second-order valence-electron chi connectivity index (χ2n) is 6.49. The number of imidazole rings is 1. The zero-order valence-corrected chi connectivity index (χ0v) is 16.3. The summed E-state index contributed by atoms with van der Waals surface area (Å²) in [5, 5.41) is 2.93. The van der Waals surface area contributed by atoms with Crippen LogP contribution in [0.25, 0.3) is 22.4 Å². The largest absolute Gasteiger partial charge is 0.493 e. The number of ether oxygens (including phenoxy) is 2. The number of anilines is 1. The van der Waals surface area contributed by atoms with Gasteiger partial charge in [-0.05, 0) is 42.5 Å². The van der Waals surface area contributed by atoms with Crippen molar-refractivity contribution in [2.45, 2.75) is 6.54 Å². The number of methoxy groups -OCH3 is 2. The van der Waals surface area contributed by atoms with Crippen molar-refractivity contribution in [3.05, 3.63) is 72.8 Å². The lowest BCUT2D eigenvalue weighted by Gasteiger charge is -2.12. The fourth-order valence-electron chi connectivity index (χ4n) is 3.30. The van der Waals surface area contributed by atoms with E-state index in [1.807, 2.05) is 77.4 Å². The summed E-state index contributed by atoms with van der Waals surface area (Å²) in [4.78, 5) is 17.5. The number of nitrogens with zero attached hydrogens (tertiary/aromatic N) is 2. The maximum atomic E-state index is 12.7. The molecule has 1 aromatic heterocycles. The van der Waals surface area contributed by atoms with Gasteiger partial charge >= 0.3 is 0 Å². The lowest BCUT2D eigenvalue weighted by Crippen LogP contribution is -2.19. The molecule has 1 amide bonds. The van der Waals surface area contributed by atoms with E-state index in [2.05, 4.69) is 5.32 Å². The number of hydrogen-bond acceptors (Lipinski definition) is 4. The van der Waals surface area contributed by atoms with Crippen molar-refractivity contribution < 1.29 is 14.3 Å². The molecule has 0 fully saturated rings. The fourth-order valence-corrected chi connectivity index (χ4v) is 3.30. The molecule has 0 aliphatic rings. The first-order valence-electron chi connectivity index (χ1n) is 9.22. The lowest BCUT2D eigenvalue weighted by molar-refractivity contribution is -0.116. The van der Waals surface area contributed by atoms with Crippen molar-refractivity contribution in [3.63, 3.8) is 0 Å². The standard InChI is InChI=1S/C23H21N3O3/c1-28-20-13-12-16(14-21(20)29-2)23-25-18-10-6-7-11-19(18)26(23)15-22(27)24-17-8-4-3-5-9-17/h3-14H,15H2,1-2H3,(H,24,27). The van der Waals surface area contributed by atoms with Gasteiger partial charge in [-0.25, -0.2) is 4.98 Å². The van der Waals surface area contributed by atoms with Crippen LogP contribution in [0.5, 0.6) is 11.5 Å². The van der Waals surface area contributed by atoms with Crippen LogP contribution in [-0.4, -0.2) is 29.7 Å². The molecule has 4 rings (SSSR count). The Hall–Kier alpha value is -3.80. The molecule has 6 nitrogen and oxygen atoms in total. The molecule has 0 aliphatic carbocycles. The van der Waals surface area contributed by atoms with Crippen molar-refractivity contribution in [2.75, 3.05) is 19.5 Å². The first-order chi connectivity index (χ1) is 14.2. The third kappa shape index (κ3) is 3.78. The van der Waals surface area contributed by atoms with Gasteiger partial charge < -0.3 is 19.4 Å². The summed E-state index contributed by atoms with van der Waals surface area (Å²) in [7, 11) is 3.19. The molecule has 0 saturated heterocycles. The normalized spacial score (nSPS) is 10.7. The Morgan fingerprint density at radius 2 is 1.66 bits per heavy atom. The maximum absolute atomic E-state index is 12.7. The molecule has 0 aliphatic heterocycles. The summed E-state index contributed by atoms with van der Waals surface area (Å²) in [6, 6.07) is 22.8. The van der Waals surface area contributed by atoms with Crippen molar-refractivity contribution in [1.29, 1.82) is 0 Å². The predicted octanol–water partition coefficient (Wildman–Crippen LogP) is 4.36. The number of hydrogen-bond donors (Lipinski definition) is 1. The zero-order chi connectivity index (χ0) is 20.2. The van der Waals surface area contributed by atoms with E-state index in [-0.39, 0.29) is 12.5 Å². The van der Waals surface area contributed by atoms with Crippen molar-refractivity contribution in [3.8, 4) is 22.9 Å². The molecule has 0 saturated carbocycles. The number of benzene rings is 3. The summed E-state index contributed by atoms with van der Waals surface area (Å²) >= 11 is 0. The Labute approximate surface area is 168 Å². The minimum absolute atomic E-state index is 0.124. The average molecular weight is 387 g/mol. The van der Waals surface area contributed by atoms with Crippen LogP contribution in [0.4, 0.5) is 5.69 Å². The van der Waals surface area contributed by atoms with Crippen LogP contribution >= 0.6 is 0 Å². The van der Waals surface area contributed by atoms with E-state index in [1.165, 1.54) is 0 Å². The number of amides is 1. The number of carbonyl (C=O) groups is 1. The summed E-state index contributed by atoms with van der Waals surface area (Å²) in [5.41, 5.74) is 3.31. The SMILES string of the molecule is COc1ccc(-c2nc3ccccc3n2CC(=O)Nc2ccccc2)cc1OC. The Morgan fingerprint density at radius 1 is 0.931 bits per heavy atom. The molecular weight excluding hydrogens is 366 g/mol. The van der Waals surface area contributed by atoms with E-state index in [4.69, 9.17) is 14.5 Å². The molecule has 1 N–H and O–H groups in total. The van der Waals surface area contributed by atoms with E-state index in [1.54, 1.807) is 14.2 Å². The quantitative estimate of drug-likeness (QED) is 0.534. The fraction of sp³-hybridized carbons (Fsp3) is 0.130. The highest BCUT2D eigenvalue weighted by Gasteiger charge is 2.17. The van der Waals surface area contributed by atoms with Gasteiger partial charge in [0.25, 0.3) is 0 Å². The van der Waals surface area contributed by atoms with Gasteiger partial charge in [0, 0.05) is 11.3 Å². The number of rotatable bonds is 6. The molecule has 0 bridgehead atoms. The molecular formula is C23H21N3O3. The Bertz CT molecular complexity index is 1150. The number of carbonyl (C=O) groups excluding carboxylic acids is 1. The van der Waals surface area contributed by atoms with Crippen LogP contribution < -0.4 is 14.8 Å². The molecule has 0 spiro atoms. The van der Waals surface area contributed by atoms with Gasteiger partial charge in [-0.15, -0.1) is 0 Å². The van der Waals surface area contributed by atoms with Gasteiger partial charge in [-0.1, -0.05) is 30.3 Å². The van der Waals surface area contributed by atoms with Crippen molar-refractivity contribution in [2.24, 2.45) is 0 Å². The monoisotopic (exact) mass is 387 g/mol. The molecule has 0 radical (unpaired) electrons. The summed E-state index contributed by atoms with van der Waals surface area (Å²) in [6.07, 6.45) is 0. The van der Waals surface area contributed by atoms with Crippen LogP contribution in [-0.2, 0) is 11.3 Å². The average Bonchev–Trinajstić information content (AvgIpc) is 3.12. The first-order valence-corrected chi connectivity index (χ1v) is 9.22. The van der Waals surface area contributed by atoms with Gasteiger partial charge in [0.15, 0.2) is 11.5 Å². The van der Waals surface area contributed by atoms with Crippen LogP contribution in [0.3, 0.4) is 0 Å². The predicted molar refractivity (Wildman–Crippen MR) is 113 cm³/mol. The number of nitrogens with one attached hydrogen (secondary N) is 1. The summed E-state index contributed by atoms with van der Waals surface area (Å²) in [6.45, 7) is 0.138. The van der Waals surface area contributed by atoms with E-state index >= 15 is 0 Å². The number of fused-ring (bicyclic) bond motifs is 1. The van der Waals surface area contributed by atoms with Gasteiger partial charge in [0.05, 0.1) is 25.3 Å². The first kappa shape index (κ1) is 18.6. The highest BCUT2D eigenvalue weighted by Crippen LogP contribution is 2.33. The second kappa shape index (κ2) is 8.06.